The van der Waals surface area contributed by atoms with Gasteiger partial charge in [0, 0.05) is 132 Å². The molecule has 0 amide bonds. The first kappa shape index (κ1) is 68.1. The molecule has 14 heteroatoms. The summed E-state index contributed by atoms with van der Waals surface area (Å²) in [6.07, 6.45) is 7.35. The van der Waals surface area contributed by atoms with Gasteiger partial charge in [-0.1, -0.05) is 249 Å². The highest BCUT2D eigenvalue weighted by atomic mass is 31.2. The number of rotatable bonds is 6. The monoisotopic (exact) mass is 1550 g/mol. The molecular formula is C103H63N8O3P3. The molecule has 0 fully saturated rings. The maximum Gasteiger partial charge on any atom is 0.187 e. The molecule has 0 saturated carbocycles. The Kier molecular flexibility index (Phi) is 15.3. The smallest absolute Gasteiger partial charge is 0.187 e. The fraction of sp³-hybridized carbons (Fsp3) is 0. The summed E-state index contributed by atoms with van der Waals surface area (Å²) in [5.41, 5.74) is 20.0. The van der Waals surface area contributed by atoms with E-state index in [0.717, 1.165) is 207 Å². The highest BCUT2D eigenvalue weighted by Gasteiger charge is 2.44. The summed E-state index contributed by atoms with van der Waals surface area (Å²) in [4.78, 5) is 22.4. The van der Waals surface area contributed by atoms with Crippen LogP contribution < -0.4 is 47.7 Å². The molecule has 0 spiro atoms. The van der Waals surface area contributed by atoms with Crippen molar-refractivity contribution in [3.8, 4) is 50.4 Å². The number of para-hydroxylation sites is 3. The fourth-order valence-electron chi connectivity index (χ4n) is 18.9. The van der Waals surface area contributed by atoms with Crippen molar-refractivity contribution in [2.24, 2.45) is 0 Å². The first-order chi connectivity index (χ1) is 57.7. The van der Waals surface area contributed by atoms with E-state index in [1.54, 1.807) is 0 Å². The predicted octanol–water partition coefficient (Wildman–Crippen LogP) is 22.0. The van der Waals surface area contributed by atoms with Gasteiger partial charge in [-0.15, -0.1) is 0 Å². The summed E-state index contributed by atoms with van der Waals surface area (Å²) in [6, 6.07) is 121. The Bertz CT molecular complexity index is 8190. The van der Waals surface area contributed by atoms with Gasteiger partial charge in [0.2, 0.25) is 0 Å². The van der Waals surface area contributed by atoms with Crippen molar-refractivity contribution in [3.63, 3.8) is 0 Å². The molecule has 0 bridgehead atoms. The number of nitrogens with zero attached hydrogens (tertiary/aromatic N) is 8. The van der Waals surface area contributed by atoms with E-state index in [9.17, 15) is 4.57 Å². The van der Waals surface area contributed by atoms with E-state index in [1.165, 1.54) is 0 Å². The van der Waals surface area contributed by atoms with Gasteiger partial charge in [-0.2, -0.15) is 0 Å². The maximum atomic E-state index is 15.2. The Labute approximate surface area is 671 Å². The Hall–Kier alpha value is -14.5. The van der Waals surface area contributed by atoms with Gasteiger partial charge in [-0.25, -0.2) is 4.85 Å². The molecule has 0 N–H and O–H groups in total. The summed E-state index contributed by atoms with van der Waals surface area (Å²) in [7, 11) is -9.09. The van der Waals surface area contributed by atoms with Crippen LogP contribution in [0.2, 0.25) is 0 Å². The third kappa shape index (κ3) is 9.97. The molecule has 11 nitrogen and oxygen atoms in total. The highest BCUT2D eigenvalue weighted by Crippen LogP contribution is 2.57. The third-order valence-corrected chi connectivity index (χ3v) is 33.4. The quantitative estimate of drug-likeness (QED) is 0.0923. The van der Waals surface area contributed by atoms with E-state index >= 15 is 9.13 Å². The lowest BCUT2D eigenvalue weighted by Gasteiger charge is -2.16. The molecule has 7 aromatic heterocycles. The maximum absolute atomic E-state index is 15.2. The van der Waals surface area contributed by atoms with Crippen LogP contribution in [0.15, 0.2) is 383 Å². The zero-order chi connectivity index (χ0) is 77.8. The van der Waals surface area contributed by atoms with E-state index in [2.05, 4.69) is 186 Å². The Balaban J connectivity index is 0.000000104. The standard InChI is InChI=1S/2C36H22N3OP.C31H19N2OP/c40-41(24-11-2-1-3-12-24)33-17-7-5-14-26(33)29-21-32-28(22-34(29)41)25-13-4-6-16-30(25)39(32)31-20-23-10-8-18-37-35(23)36-27(31)15-9-19-38-36;40-41(24-10-2-1-3-11-24)33-15-7-5-13-26(33)29-21-32-28(22-34(29)41)25-12-4-6-14-30(25)39(32)31-18-20-38-36-27(31)17-16-23-9-8-19-37-35(23)36;1-32-21-15-17-22(18-16-21)33-28-13-7-5-11-24(28)26-20-31-27(19-29(26)33)25-12-6-8-14-30(25)35(31,34)23-9-3-2-4-10-23/h2*1-22H;2-20H. The van der Waals surface area contributed by atoms with Crippen molar-refractivity contribution >= 4 is 184 Å². The normalized spacial score (nSPS) is 16.1. The van der Waals surface area contributed by atoms with Crippen molar-refractivity contribution in [2.75, 3.05) is 0 Å². The van der Waals surface area contributed by atoms with Crippen molar-refractivity contribution < 1.29 is 13.7 Å². The molecule has 10 heterocycles. The number of benzene rings is 15. The zero-order valence-corrected chi connectivity index (χ0v) is 65.2. The van der Waals surface area contributed by atoms with Crippen LogP contribution in [0, 0.1) is 6.57 Å². The van der Waals surface area contributed by atoms with Crippen molar-refractivity contribution in [3.05, 3.63) is 394 Å². The minimum atomic E-state index is -3.05. The second-order valence-corrected chi connectivity index (χ2v) is 38.1. The van der Waals surface area contributed by atoms with E-state index in [4.69, 9.17) is 16.5 Å². The zero-order valence-electron chi connectivity index (χ0n) is 62.5. The summed E-state index contributed by atoms with van der Waals surface area (Å²) in [6.45, 7) is 7.30. The molecule has 3 atom stereocenters. The minimum Gasteiger partial charge on any atom is -0.309 e. The molecular weight excluding hydrogens is 1490 g/mol. The van der Waals surface area contributed by atoms with Crippen molar-refractivity contribution in [1.29, 1.82) is 0 Å². The van der Waals surface area contributed by atoms with Crippen LogP contribution in [0.1, 0.15) is 0 Å². The number of aromatic nitrogens is 7. The average molecular weight is 1550 g/mol. The van der Waals surface area contributed by atoms with Gasteiger partial charge in [0.05, 0.1) is 73.1 Å². The van der Waals surface area contributed by atoms with Crippen LogP contribution in [-0.4, -0.2) is 33.6 Å². The molecule has 22 aromatic rings. The highest BCUT2D eigenvalue weighted by molar-refractivity contribution is 7.87. The van der Waals surface area contributed by atoms with Crippen LogP contribution in [0.4, 0.5) is 5.69 Å². The Morgan fingerprint density at radius 3 is 1.07 bits per heavy atom. The fourth-order valence-corrected chi connectivity index (χ4v) is 28.1. The van der Waals surface area contributed by atoms with Gasteiger partial charge in [-0.3, -0.25) is 19.9 Å². The lowest BCUT2D eigenvalue weighted by atomic mass is 10.0. The SMILES string of the molecule is O=P1(c2ccccc2)c2ccccc2-c2cc3c(cc21)c1ccccc1n3-c1cc2cccnc2c2ncccc12.O=P1(c2ccccc2)c2ccccc2-c2cc3c(cc21)c1ccccc1n3-c1ccnc2c1ccc1cccnc12.[C-]#[N+]c1ccc(-n2c3ccccc3c3cc4c(cc32)-c2ccccc2P4(=O)c2ccccc2)cc1. The van der Waals surface area contributed by atoms with Crippen molar-refractivity contribution in [2.45, 2.75) is 0 Å². The van der Waals surface area contributed by atoms with Gasteiger partial charge in [0.25, 0.3) is 0 Å². The topological polar surface area (TPSA) is 122 Å². The number of pyridine rings is 4. The summed E-state index contributed by atoms with van der Waals surface area (Å²) in [5, 5.41) is 18.9. The third-order valence-electron chi connectivity index (χ3n) is 24.0. The predicted molar refractivity (Wildman–Crippen MR) is 485 cm³/mol. The van der Waals surface area contributed by atoms with Crippen molar-refractivity contribution in [1.82, 2.24) is 33.6 Å². The van der Waals surface area contributed by atoms with Crippen LogP contribution in [0.25, 0.3) is 164 Å². The lowest BCUT2D eigenvalue weighted by molar-refractivity contribution is 0.592. The average Bonchev–Trinajstić information content (AvgIpc) is 1.55. The van der Waals surface area contributed by atoms with Gasteiger partial charge in [0.15, 0.2) is 27.1 Å². The first-order valence-electron chi connectivity index (χ1n) is 38.9. The molecule has 0 saturated heterocycles. The second kappa shape index (κ2) is 26.3. The number of fused-ring (bicyclic) bond motifs is 24. The second-order valence-electron chi connectivity index (χ2n) is 30.0. The molecule has 3 aliphatic rings. The van der Waals surface area contributed by atoms with E-state index in [-0.39, 0.29) is 0 Å². The minimum absolute atomic E-state index is 0.619. The molecule has 25 rings (SSSR count). The van der Waals surface area contributed by atoms with Gasteiger partial charge in [-0.05, 0) is 143 Å². The molecule has 0 radical (unpaired) electrons. The van der Waals surface area contributed by atoms with Crippen LogP contribution in [0.3, 0.4) is 0 Å². The number of hydrogen-bond acceptors (Lipinski definition) is 7. The molecule has 117 heavy (non-hydrogen) atoms. The van der Waals surface area contributed by atoms with Crippen LogP contribution in [-0.2, 0) is 13.7 Å². The molecule has 548 valence electrons. The summed E-state index contributed by atoms with van der Waals surface area (Å²) >= 11 is 0. The first-order valence-corrected chi connectivity index (χ1v) is 44.0. The molecule has 15 aromatic carbocycles. The molecule has 0 aliphatic carbocycles. The number of hydrogen-bond donors (Lipinski definition) is 0. The lowest BCUT2D eigenvalue weighted by Crippen LogP contribution is -2.20. The Morgan fingerprint density at radius 1 is 0.239 bits per heavy atom. The van der Waals surface area contributed by atoms with E-state index in [0.29, 0.717) is 5.69 Å². The van der Waals surface area contributed by atoms with E-state index in [1.807, 2.05) is 225 Å². The van der Waals surface area contributed by atoms with Gasteiger partial charge in [0.1, 0.15) is 0 Å². The van der Waals surface area contributed by atoms with Gasteiger partial charge < -0.3 is 27.4 Å². The summed E-state index contributed by atoms with van der Waals surface area (Å²) in [5.74, 6) is 0. The van der Waals surface area contributed by atoms with Gasteiger partial charge >= 0.3 is 0 Å². The van der Waals surface area contributed by atoms with E-state index < -0.39 is 21.4 Å². The van der Waals surface area contributed by atoms with Crippen LogP contribution >= 0.6 is 21.4 Å². The summed E-state index contributed by atoms with van der Waals surface area (Å²) < 4.78 is 52.3. The molecule has 3 aliphatic heterocycles. The molecule has 3 unspecified atom stereocenters. The largest absolute Gasteiger partial charge is 0.309 e. The Morgan fingerprint density at radius 2 is 0.598 bits per heavy atom. The van der Waals surface area contributed by atoms with Crippen LogP contribution in [0.5, 0.6) is 0 Å².